The number of amides is 1. The molecule has 1 amide bonds. The molecule has 0 spiro atoms. The van der Waals surface area contributed by atoms with Gasteiger partial charge in [0.25, 0.3) is 0 Å². The summed E-state index contributed by atoms with van der Waals surface area (Å²) in [6, 6.07) is 12.7. The lowest BCUT2D eigenvalue weighted by Gasteiger charge is -2.28. The Hall–Kier alpha value is -2.07. The van der Waals surface area contributed by atoms with Gasteiger partial charge in [0, 0.05) is 12.1 Å². The van der Waals surface area contributed by atoms with Gasteiger partial charge in [-0.2, -0.15) is 0 Å². The van der Waals surface area contributed by atoms with Crippen LogP contribution in [0.15, 0.2) is 36.4 Å². The Kier molecular flexibility index (Phi) is 5.05. The van der Waals surface area contributed by atoms with Crippen LogP contribution in [0.3, 0.4) is 0 Å². The Balaban J connectivity index is 1.70. The topological polar surface area (TPSA) is 64.3 Å². The van der Waals surface area contributed by atoms with Gasteiger partial charge in [0.2, 0.25) is 5.91 Å². The van der Waals surface area contributed by atoms with E-state index in [0.29, 0.717) is 6.04 Å². The van der Waals surface area contributed by atoms with E-state index in [4.69, 9.17) is 10.5 Å². The number of nitrogens with two attached hydrogens (primary N) is 1. The Morgan fingerprint density at radius 1 is 1.12 bits per heavy atom. The van der Waals surface area contributed by atoms with Crippen LogP contribution in [0.5, 0.6) is 5.75 Å². The van der Waals surface area contributed by atoms with Gasteiger partial charge >= 0.3 is 0 Å². The summed E-state index contributed by atoms with van der Waals surface area (Å²) in [4.78, 5) is 12.6. The minimum absolute atomic E-state index is 0.100. The van der Waals surface area contributed by atoms with Crippen LogP contribution >= 0.6 is 0 Å². The zero-order valence-electron chi connectivity index (χ0n) is 14.4. The predicted molar refractivity (Wildman–Crippen MR) is 97.3 cm³/mol. The zero-order chi connectivity index (χ0) is 17.1. The Labute approximate surface area is 143 Å². The molecular weight excluding hydrogens is 300 g/mol. The highest BCUT2D eigenvalue weighted by Gasteiger charge is 2.23. The summed E-state index contributed by atoms with van der Waals surface area (Å²) in [7, 11) is 1.67. The molecule has 4 heteroatoms. The van der Waals surface area contributed by atoms with Gasteiger partial charge in [-0.15, -0.1) is 0 Å². The molecule has 24 heavy (non-hydrogen) atoms. The van der Waals surface area contributed by atoms with Crippen molar-refractivity contribution in [3.8, 4) is 5.75 Å². The van der Waals surface area contributed by atoms with Crippen molar-refractivity contribution in [3.05, 3.63) is 42.0 Å². The molecule has 0 aromatic heterocycles. The average Bonchev–Trinajstić information content (AvgIpc) is 2.62. The molecular formula is C20H26N2O2. The van der Waals surface area contributed by atoms with E-state index < -0.39 is 0 Å². The van der Waals surface area contributed by atoms with Crippen molar-refractivity contribution in [2.24, 2.45) is 5.73 Å². The number of ether oxygens (including phenoxy) is 1. The van der Waals surface area contributed by atoms with E-state index in [0.717, 1.165) is 47.8 Å². The number of carbonyl (C=O) groups is 1. The lowest BCUT2D eigenvalue weighted by atomic mass is 9.90. The van der Waals surface area contributed by atoms with Crippen molar-refractivity contribution in [1.82, 2.24) is 5.32 Å². The highest BCUT2D eigenvalue weighted by Crippen LogP contribution is 2.26. The zero-order valence-corrected chi connectivity index (χ0v) is 14.4. The summed E-state index contributed by atoms with van der Waals surface area (Å²) in [6.45, 7) is 1.97. The number of methoxy groups -OCH3 is 1. The predicted octanol–water partition coefficient (Wildman–Crippen LogP) is 3.34. The van der Waals surface area contributed by atoms with Crippen LogP contribution < -0.4 is 15.8 Å². The third kappa shape index (κ3) is 3.70. The maximum atomic E-state index is 12.6. The molecule has 0 aliphatic heterocycles. The number of nitrogens with one attached hydrogen (secondary N) is 1. The second-order valence-corrected chi connectivity index (χ2v) is 6.81. The monoisotopic (exact) mass is 326 g/mol. The van der Waals surface area contributed by atoms with E-state index in [1.165, 1.54) is 0 Å². The van der Waals surface area contributed by atoms with Crippen LogP contribution in [0.25, 0.3) is 10.8 Å². The fraction of sp³-hybridized carbons (Fsp3) is 0.450. The highest BCUT2D eigenvalue weighted by molar-refractivity contribution is 5.88. The van der Waals surface area contributed by atoms with Crippen LogP contribution in [0.4, 0.5) is 0 Å². The molecule has 0 bridgehead atoms. The largest absolute Gasteiger partial charge is 0.497 e. The van der Waals surface area contributed by atoms with E-state index >= 15 is 0 Å². The molecule has 2 aromatic rings. The summed E-state index contributed by atoms with van der Waals surface area (Å²) >= 11 is 0. The van der Waals surface area contributed by atoms with Gasteiger partial charge in [-0.05, 0) is 61.1 Å². The lowest BCUT2D eigenvalue weighted by Crippen LogP contribution is -2.42. The molecule has 3 rings (SSSR count). The quantitative estimate of drug-likeness (QED) is 0.906. The van der Waals surface area contributed by atoms with Crippen molar-refractivity contribution in [2.75, 3.05) is 7.11 Å². The van der Waals surface area contributed by atoms with Crippen LogP contribution in [0.1, 0.15) is 44.1 Å². The Bertz CT molecular complexity index is 721. The van der Waals surface area contributed by atoms with Gasteiger partial charge in [-0.3, -0.25) is 4.79 Å². The third-order valence-corrected chi connectivity index (χ3v) is 5.08. The van der Waals surface area contributed by atoms with E-state index in [-0.39, 0.29) is 17.9 Å². The average molecular weight is 326 g/mol. The van der Waals surface area contributed by atoms with Crippen LogP contribution in [-0.4, -0.2) is 25.1 Å². The normalized spacial score (nSPS) is 22.1. The first-order valence-electron chi connectivity index (χ1n) is 8.70. The standard InChI is InChI=1S/C20H26N2O2/c1-13(20(23)22-18-8-6-17(21)7-9-18)14-3-4-16-12-19(24-2)10-5-15(16)11-14/h3-5,10-13,17-18H,6-9,21H2,1-2H3,(H,22,23). The number of rotatable bonds is 4. The summed E-state index contributed by atoms with van der Waals surface area (Å²) in [5, 5.41) is 5.43. The number of hydrogen-bond donors (Lipinski definition) is 2. The van der Waals surface area contributed by atoms with E-state index in [1.54, 1.807) is 7.11 Å². The molecule has 1 atom stereocenters. The van der Waals surface area contributed by atoms with Crippen LogP contribution in [0.2, 0.25) is 0 Å². The SMILES string of the molecule is COc1ccc2cc(C(C)C(=O)NC3CCC(N)CC3)ccc2c1. The van der Waals surface area contributed by atoms with E-state index in [9.17, 15) is 4.79 Å². The van der Waals surface area contributed by atoms with Gasteiger partial charge in [-0.25, -0.2) is 0 Å². The maximum absolute atomic E-state index is 12.6. The first-order valence-corrected chi connectivity index (χ1v) is 8.70. The van der Waals surface area contributed by atoms with Crippen molar-refractivity contribution >= 4 is 16.7 Å². The minimum Gasteiger partial charge on any atom is -0.497 e. The van der Waals surface area contributed by atoms with Gasteiger partial charge in [0.15, 0.2) is 0 Å². The smallest absolute Gasteiger partial charge is 0.227 e. The second-order valence-electron chi connectivity index (χ2n) is 6.81. The molecule has 1 unspecified atom stereocenters. The molecule has 1 aliphatic rings. The van der Waals surface area contributed by atoms with E-state index in [2.05, 4.69) is 17.4 Å². The molecule has 1 aliphatic carbocycles. The number of hydrogen-bond acceptors (Lipinski definition) is 3. The van der Waals surface area contributed by atoms with Gasteiger partial charge in [0.1, 0.15) is 5.75 Å². The fourth-order valence-corrected chi connectivity index (χ4v) is 3.38. The molecule has 4 nitrogen and oxygen atoms in total. The minimum atomic E-state index is -0.160. The van der Waals surface area contributed by atoms with Crippen LogP contribution in [-0.2, 0) is 4.79 Å². The Morgan fingerprint density at radius 2 is 1.79 bits per heavy atom. The van der Waals surface area contributed by atoms with Crippen molar-refractivity contribution in [2.45, 2.75) is 50.6 Å². The van der Waals surface area contributed by atoms with Crippen molar-refractivity contribution < 1.29 is 9.53 Å². The number of benzene rings is 2. The molecule has 2 aromatic carbocycles. The molecule has 128 valence electrons. The molecule has 0 heterocycles. The van der Waals surface area contributed by atoms with Gasteiger partial charge in [0.05, 0.1) is 13.0 Å². The summed E-state index contributed by atoms with van der Waals surface area (Å²) < 4.78 is 5.26. The van der Waals surface area contributed by atoms with E-state index in [1.807, 2.05) is 31.2 Å². The second kappa shape index (κ2) is 7.22. The van der Waals surface area contributed by atoms with Crippen molar-refractivity contribution in [1.29, 1.82) is 0 Å². The number of carbonyl (C=O) groups excluding carboxylic acids is 1. The van der Waals surface area contributed by atoms with Crippen LogP contribution in [0, 0.1) is 0 Å². The van der Waals surface area contributed by atoms with Gasteiger partial charge < -0.3 is 15.8 Å². The highest BCUT2D eigenvalue weighted by atomic mass is 16.5. The van der Waals surface area contributed by atoms with Gasteiger partial charge in [-0.1, -0.05) is 24.3 Å². The maximum Gasteiger partial charge on any atom is 0.227 e. The third-order valence-electron chi connectivity index (χ3n) is 5.08. The molecule has 1 fully saturated rings. The molecule has 0 saturated heterocycles. The molecule has 1 saturated carbocycles. The fourth-order valence-electron chi connectivity index (χ4n) is 3.38. The first kappa shape index (κ1) is 16.8. The Morgan fingerprint density at radius 3 is 2.50 bits per heavy atom. The summed E-state index contributed by atoms with van der Waals surface area (Å²) in [6.07, 6.45) is 3.96. The summed E-state index contributed by atoms with van der Waals surface area (Å²) in [5.41, 5.74) is 6.97. The molecule has 3 N–H and O–H groups in total. The number of fused-ring (bicyclic) bond motifs is 1. The van der Waals surface area contributed by atoms with Crippen molar-refractivity contribution in [3.63, 3.8) is 0 Å². The summed E-state index contributed by atoms with van der Waals surface area (Å²) in [5.74, 6) is 0.784. The first-order chi connectivity index (χ1) is 11.6. The molecule has 0 radical (unpaired) electrons. The lowest BCUT2D eigenvalue weighted by molar-refractivity contribution is -0.123.